The van der Waals surface area contributed by atoms with Crippen LogP contribution in [-0.4, -0.2) is 14.4 Å². The van der Waals surface area contributed by atoms with Crippen LogP contribution in [0, 0.1) is 6.92 Å². The molecular formula is C13H10ClN3. The van der Waals surface area contributed by atoms with Crippen molar-refractivity contribution in [3.8, 4) is 11.3 Å². The summed E-state index contributed by atoms with van der Waals surface area (Å²) < 4.78 is 1.89. The monoisotopic (exact) mass is 243 g/mol. The van der Waals surface area contributed by atoms with Crippen LogP contribution >= 0.6 is 11.6 Å². The van der Waals surface area contributed by atoms with Crippen LogP contribution in [0.1, 0.15) is 5.56 Å². The molecule has 2 heterocycles. The first kappa shape index (κ1) is 10.3. The lowest BCUT2D eigenvalue weighted by Crippen LogP contribution is -1.84. The molecule has 1 aromatic carbocycles. The van der Waals surface area contributed by atoms with Gasteiger partial charge in [-0.2, -0.15) is 0 Å². The van der Waals surface area contributed by atoms with Crippen LogP contribution in [0.3, 0.4) is 0 Å². The van der Waals surface area contributed by atoms with Gasteiger partial charge in [0.15, 0.2) is 0 Å². The molecule has 0 aliphatic carbocycles. The summed E-state index contributed by atoms with van der Waals surface area (Å²) >= 11 is 6.22. The molecule has 3 rings (SSSR count). The fourth-order valence-corrected chi connectivity index (χ4v) is 2.23. The van der Waals surface area contributed by atoms with Gasteiger partial charge in [0.05, 0.1) is 10.7 Å². The molecule has 3 nitrogen and oxygen atoms in total. The Labute approximate surface area is 104 Å². The maximum absolute atomic E-state index is 6.22. The highest BCUT2D eigenvalue weighted by Gasteiger charge is 2.10. The highest BCUT2D eigenvalue weighted by Crippen LogP contribution is 2.30. The Morgan fingerprint density at radius 1 is 1.24 bits per heavy atom. The number of rotatable bonds is 1. The second kappa shape index (κ2) is 3.86. The summed E-state index contributed by atoms with van der Waals surface area (Å²) in [4.78, 5) is 8.67. The van der Waals surface area contributed by atoms with E-state index in [1.165, 1.54) is 0 Å². The lowest BCUT2D eigenvalue weighted by Gasteiger charge is -2.03. The average molecular weight is 244 g/mol. The molecule has 0 bridgehead atoms. The van der Waals surface area contributed by atoms with Crippen LogP contribution < -0.4 is 0 Å². The summed E-state index contributed by atoms with van der Waals surface area (Å²) in [7, 11) is 0. The third-order valence-electron chi connectivity index (χ3n) is 2.71. The van der Waals surface area contributed by atoms with E-state index < -0.39 is 0 Å². The number of aromatic nitrogens is 3. The lowest BCUT2D eigenvalue weighted by molar-refractivity contribution is 1.11. The van der Waals surface area contributed by atoms with Gasteiger partial charge < -0.3 is 0 Å². The van der Waals surface area contributed by atoms with Crippen LogP contribution in [-0.2, 0) is 0 Å². The van der Waals surface area contributed by atoms with Crippen molar-refractivity contribution in [2.75, 3.05) is 0 Å². The van der Waals surface area contributed by atoms with E-state index in [4.69, 9.17) is 11.6 Å². The van der Waals surface area contributed by atoms with Crippen molar-refractivity contribution in [1.29, 1.82) is 0 Å². The molecule has 4 heteroatoms. The molecule has 2 aromatic heterocycles. The molecule has 0 spiro atoms. The molecule has 3 aromatic rings. The Kier molecular flexibility index (Phi) is 2.34. The summed E-state index contributed by atoms with van der Waals surface area (Å²) in [6, 6.07) is 7.72. The van der Waals surface area contributed by atoms with Gasteiger partial charge in [-0.1, -0.05) is 23.7 Å². The smallest absolute Gasteiger partial charge is 0.234 e. The van der Waals surface area contributed by atoms with Gasteiger partial charge in [0.2, 0.25) is 5.78 Å². The molecule has 0 fully saturated rings. The summed E-state index contributed by atoms with van der Waals surface area (Å²) in [6.07, 6.45) is 5.59. The quantitative estimate of drug-likeness (QED) is 0.656. The fourth-order valence-electron chi connectivity index (χ4n) is 1.91. The number of benzene rings is 1. The highest BCUT2D eigenvalue weighted by molar-refractivity contribution is 6.33. The summed E-state index contributed by atoms with van der Waals surface area (Å²) in [5.74, 6) is 0.682. The Morgan fingerprint density at radius 3 is 2.88 bits per heavy atom. The Morgan fingerprint density at radius 2 is 2.12 bits per heavy atom. The minimum Gasteiger partial charge on any atom is -0.291 e. The molecule has 0 amide bonds. The molecule has 0 aliphatic heterocycles. The molecule has 84 valence electrons. The van der Waals surface area contributed by atoms with Crippen LogP contribution in [0.4, 0.5) is 0 Å². The van der Waals surface area contributed by atoms with Gasteiger partial charge in [-0.15, -0.1) is 0 Å². The van der Waals surface area contributed by atoms with Crippen molar-refractivity contribution in [2.45, 2.75) is 6.92 Å². The van der Waals surface area contributed by atoms with E-state index >= 15 is 0 Å². The third kappa shape index (κ3) is 1.68. The van der Waals surface area contributed by atoms with Gasteiger partial charge in [0.1, 0.15) is 0 Å². The number of hydrogen-bond acceptors (Lipinski definition) is 2. The third-order valence-corrected chi connectivity index (χ3v) is 3.03. The first-order valence-electron chi connectivity index (χ1n) is 5.31. The van der Waals surface area contributed by atoms with Crippen LogP contribution in [0.15, 0.2) is 42.9 Å². The van der Waals surface area contributed by atoms with E-state index in [0.29, 0.717) is 10.8 Å². The van der Waals surface area contributed by atoms with Crippen LogP contribution in [0.25, 0.3) is 17.0 Å². The van der Waals surface area contributed by atoms with Crippen LogP contribution in [0.5, 0.6) is 0 Å². The molecule has 0 unspecified atom stereocenters. The predicted molar refractivity (Wildman–Crippen MR) is 68.2 cm³/mol. The topological polar surface area (TPSA) is 30.2 Å². The standard InChI is InChI=1S/C13H10ClN3/c1-9-4-2-5-10(14)12(9)11-8-17-7-3-6-15-13(17)16-11/h2-8H,1H3. The molecule has 0 aliphatic rings. The van der Waals surface area contributed by atoms with E-state index in [0.717, 1.165) is 16.8 Å². The number of hydrogen-bond donors (Lipinski definition) is 0. The zero-order valence-corrected chi connectivity index (χ0v) is 10.0. The molecule has 0 atom stereocenters. The molecule has 17 heavy (non-hydrogen) atoms. The zero-order chi connectivity index (χ0) is 11.8. The van der Waals surface area contributed by atoms with Gasteiger partial charge in [-0.25, -0.2) is 9.97 Å². The second-order valence-corrected chi connectivity index (χ2v) is 4.29. The second-order valence-electron chi connectivity index (χ2n) is 3.88. The zero-order valence-electron chi connectivity index (χ0n) is 9.26. The van der Waals surface area contributed by atoms with Crippen molar-refractivity contribution >= 4 is 17.4 Å². The number of halogens is 1. The molecule has 0 saturated carbocycles. The van der Waals surface area contributed by atoms with E-state index in [2.05, 4.69) is 9.97 Å². The number of aryl methyl sites for hydroxylation is 1. The predicted octanol–water partition coefficient (Wildman–Crippen LogP) is 3.36. The maximum atomic E-state index is 6.22. The largest absolute Gasteiger partial charge is 0.291 e. The lowest BCUT2D eigenvalue weighted by atomic mass is 10.1. The van der Waals surface area contributed by atoms with Crippen molar-refractivity contribution in [3.63, 3.8) is 0 Å². The number of fused-ring (bicyclic) bond motifs is 1. The Bertz CT molecular complexity index is 635. The van der Waals surface area contributed by atoms with Crippen molar-refractivity contribution in [2.24, 2.45) is 0 Å². The summed E-state index contributed by atoms with van der Waals surface area (Å²) in [5.41, 5.74) is 2.94. The SMILES string of the molecule is Cc1cccc(Cl)c1-c1cn2cccnc2n1. The summed E-state index contributed by atoms with van der Waals surface area (Å²) in [5, 5.41) is 0.716. The number of nitrogens with zero attached hydrogens (tertiary/aromatic N) is 3. The summed E-state index contributed by atoms with van der Waals surface area (Å²) in [6.45, 7) is 2.03. The van der Waals surface area contributed by atoms with Crippen molar-refractivity contribution < 1.29 is 0 Å². The van der Waals surface area contributed by atoms with Crippen molar-refractivity contribution in [1.82, 2.24) is 14.4 Å². The molecule has 0 N–H and O–H groups in total. The normalized spacial score (nSPS) is 10.9. The van der Waals surface area contributed by atoms with Gasteiger partial charge in [0.25, 0.3) is 0 Å². The first-order chi connectivity index (χ1) is 8.25. The Balaban J connectivity index is 2.27. The van der Waals surface area contributed by atoms with Gasteiger partial charge in [0, 0.05) is 24.2 Å². The molecular weight excluding hydrogens is 234 g/mol. The minimum absolute atomic E-state index is 0.682. The van der Waals surface area contributed by atoms with Gasteiger partial charge >= 0.3 is 0 Å². The first-order valence-corrected chi connectivity index (χ1v) is 5.69. The van der Waals surface area contributed by atoms with Crippen molar-refractivity contribution in [3.05, 3.63) is 53.4 Å². The molecule has 0 radical (unpaired) electrons. The highest BCUT2D eigenvalue weighted by atomic mass is 35.5. The van der Waals surface area contributed by atoms with Gasteiger partial charge in [-0.05, 0) is 24.6 Å². The van der Waals surface area contributed by atoms with Crippen LogP contribution in [0.2, 0.25) is 5.02 Å². The number of imidazole rings is 1. The van der Waals surface area contributed by atoms with E-state index in [1.54, 1.807) is 6.20 Å². The van der Waals surface area contributed by atoms with E-state index in [-0.39, 0.29) is 0 Å². The van der Waals surface area contributed by atoms with E-state index in [1.807, 2.05) is 48.0 Å². The maximum Gasteiger partial charge on any atom is 0.234 e. The average Bonchev–Trinajstić information content (AvgIpc) is 2.71. The molecule has 0 saturated heterocycles. The fraction of sp³-hybridized carbons (Fsp3) is 0.0769. The van der Waals surface area contributed by atoms with E-state index in [9.17, 15) is 0 Å². The van der Waals surface area contributed by atoms with Gasteiger partial charge in [-0.3, -0.25) is 4.40 Å². The Hall–Kier alpha value is -1.87. The minimum atomic E-state index is 0.682.